The lowest BCUT2D eigenvalue weighted by Gasteiger charge is -2.25. The molecule has 1 atom stereocenters. The van der Waals surface area contributed by atoms with Crippen molar-refractivity contribution in [1.82, 2.24) is 4.90 Å². The molecule has 2 aromatic rings. The number of hydrogen-bond acceptors (Lipinski definition) is 4. The van der Waals surface area contributed by atoms with Gasteiger partial charge in [-0.25, -0.2) is 0 Å². The topological polar surface area (TPSA) is 77.8 Å². The Balaban J connectivity index is 2.14. The van der Waals surface area contributed by atoms with Crippen molar-refractivity contribution in [2.45, 2.75) is 32.7 Å². The number of nitrogens with zero attached hydrogens (tertiary/aromatic N) is 1. The highest BCUT2D eigenvalue weighted by Crippen LogP contribution is 2.39. The fourth-order valence-electron chi connectivity index (χ4n) is 3.50. The third kappa shape index (κ3) is 3.58. The molecule has 0 bridgehead atoms. The number of aryl methyl sites for hydroxylation is 1. The summed E-state index contributed by atoms with van der Waals surface area (Å²) >= 11 is 0. The van der Waals surface area contributed by atoms with Gasteiger partial charge in [-0.3, -0.25) is 9.59 Å². The first-order chi connectivity index (χ1) is 13.3. The Morgan fingerprint density at radius 1 is 1.04 bits per heavy atom. The molecule has 1 saturated heterocycles. The first-order valence-corrected chi connectivity index (χ1v) is 9.41. The van der Waals surface area contributed by atoms with Crippen LogP contribution in [0.5, 0.6) is 0 Å². The smallest absolute Gasteiger partial charge is 0.295 e. The Kier molecular flexibility index (Phi) is 5.66. The molecule has 0 aliphatic carbocycles. The van der Waals surface area contributed by atoms with Crippen LogP contribution in [0, 0.1) is 6.92 Å². The molecule has 0 aromatic heterocycles. The van der Waals surface area contributed by atoms with Crippen LogP contribution in [0.25, 0.3) is 5.76 Å². The van der Waals surface area contributed by atoms with Gasteiger partial charge in [0.1, 0.15) is 5.76 Å². The van der Waals surface area contributed by atoms with Crippen molar-refractivity contribution >= 4 is 17.4 Å². The molecule has 5 heteroatoms. The minimum Gasteiger partial charge on any atom is -0.507 e. The van der Waals surface area contributed by atoms with Crippen molar-refractivity contribution < 1.29 is 19.8 Å². The molecular formula is C23H25NO4. The number of carbonyl (C=O) groups is 2. The maximum absolute atomic E-state index is 12.7. The van der Waals surface area contributed by atoms with Crippen molar-refractivity contribution in [3.63, 3.8) is 0 Å². The quantitative estimate of drug-likeness (QED) is 0.473. The largest absolute Gasteiger partial charge is 0.507 e. The van der Waals surface area contributed by atoms with E-state index in [9.17, 15) is 19.8 Å². The molecule has 3 rings (SSSR count). The van der Waals surface area contributed by atoms with Crippen LogP contribution in [-0.2, 0) is 9.59 Å². The SMILES string of the molecule is Cc1ccc(/C(O)=C2/C(=O)C(=O)N(CCO)C2c2ccc(C(C)C)cc2)cc1. The molecule has 1 heterocycles. The van der Waals surface area contributed by atoms with Gasteiger partial charge in [-0.2, -0.15) is 0 Å². The Labute approximate surface area is 164 Å². The van der Waals surface area contributed by atoms with Crippen LogP contribution in [-0.4, -0.2) is 40.0 Å². The van der Waals surface area contributed by atoms with Crippen molar-refractivity contribution in [2.75, 3.05) is 13.2 Å². The van der Waals surface area contributed by atoms with Crippen molar-refractivity contribution in [2.24, 2.45) is 0 Å². The van der Waals surface area contributed by atoms with E-state index in [1.807, 2.05) is 43.3 Å². The Bertz CT molecular complexity index is 911. The van der Waals surface area contributed by atoms with Crippen LogP contribution >= 0.6 is 0 Å². The Morgan fingerprint density at radius 2 is 1.64 bits per heavy atom. The van der Waals surface area contributed by atoms with E-state index in [1.54, 1.807) is 12.1 Å². The number of aliphatic hydroxyl groups is 2. The summed E-state index contributed by atoms with van der Waals surface area (Å²) < 4.78 is 0. The fraction of sp³-hybridized carbons (Fsp3) is 0.304. The molecule has 0 radical (unpaired) electrons. The minimum atomic E-state index is -0.732. The maximum Gasteiger partial charge on any atom is 0.295 e. The molecule has 5 nitrogen and oxygen atoms in total. The number of ketones is 1. The van der Waals surface area contributed by atoms with Crippen molar-refractivity contribution in [3.8, 4) is 0 Å². The van der Waals surface area contributed by atoms with Gasteiger partial charge in [0.15, 0.2) is 0 Å². The summed E-state index contributed by atoms with van der Waals surface area (Å²) in [6.45, 7) is 5.86. The molecule has 146 valence electrons. The second-order valence-corrected chi connectivity index (χ2v) is 7.40. The van der Waals surface area contributed by atoms with E-state index in [2.05, 4.69) is 13.8 Å². The third-order valence-electron chi connectivity index (χ3n) is 5.12. The zero-order chi connectivity index (χ0) is 20.4. The molecule has 0 saturated carbocycles. The van der Waals surface area contributed by atoms with Gasteiger partial charge in [0.05, 0.1) is 18.2 Å². The van der Waals surface area contributed by atoms with Gasteiger partial charge in [0.25, 0.3) is 11.7 Å². The number of rotatable bonds is 5. The van der Waals surface area contributed by atoms with Crippen LogP contribution in [0.1, 0.15) is 48.1 Å². The summed E-state index contributed by atoms with van der Waals surface area (Å²) in [5, 5.41) is 20.3. The molecule has 1 unspecified atom stereocenters. The van der Waals surface area contributed by atoms with Crippen molar-refractivity contribution in [1.29, 1.82) is 0 Å². The first kappa shape index (κ1) is 19.8. The molecule has 1 aliphatic heterocycles. The zero-order valence-corrected chi connectivity index (χ0v) is 16.3. The zero-order valence-electron chi connectivity index (χ0n) is 16.3. The number of aliphatic hydroxyl groups excluding tert-OH is 2. The monoisotopic (exact) mass is 379 g/mol. The van der Waals surface area contributed by atoms with E-state index in [-0.39, 0.29) is 24.5 Å². The number of Topliss-reactive ketones (excluding diaryl/α,β-unsaturated/α-hetero) is 1. The van der Waals surface area contributed by atoms with Crippen LogP contribution in [0.4, 0.5) is 0 Å². The van der Waals surface area contributed by atoms with Crippen LogP contribution in [0.15, 0.2) is 54.1 Å². The van der Waals surface area contributed by atoms with E-state index < -0.39 is 17.7 Å². The normalized spacial score (nSPS) is 18.9. The van der Waals surface area contributed by atoms with Gasteiger partial charge in [-0.15, -0.1) is 0 Å². The summed E-state index contributed by atoms with van der Waals surface area (Å²) in [5.41, 5.74) is 3.43. The van der Waals surface area contributed by atoms with Gasteiger partial charge < -0.3 is 15.1 Å². The standard InChI is InChI=1S/C23H25NO4/c1-14(2)16-8-10-17(11-9-16)20-19(22(27)23(28)24(20)12-13-25)21(26)18-6-4-15(3)5-7-18/h4-11,14,20,25-26H,12-13H2,1-3H3/b21-19-. The van der Waals surface area contributed by atoms with Crippen LogP contribution < -0.4 is 0 Å². The second-order valence-electron chi connectivity index (χ2n) is 7.40. The van der Waals surface area contributed by atoms with Crippen LogP contribution in [0.2, 0.25) is 0 Å². The van der Waals surface area contributed by atoms with Crippen LogP contribution in [0.3, 0.4) is 0 Å². The summed E-state index contributed by atoms with van der Waals surface area (Å²) in [6, 6.07) is 14.1. The highest BCUT2D eigenvalue weighted by Gasteiger charge is 2.45. The average Bonchev–Trinajstić information content (AvgIpc) is 2.93. The van der Waals surface area contributed by atoms with E-state index in [1.165, 1.54) is 4.90 Å². The molecule has 2 N–H and O–H groups in total. The average molecular weight is 379 g/mol. The Morgan fingerprint density at radius 3 is 2.18 bits per heavy atom. The fourth-order valence-corrected chi connectivity index (χ4v) is 3.50. The van der Waals surface area contributed by atoms with Gasteiger partial charge in [-0.05, 0) is 24.0 Å². The molecule has 0 spiro atoms. The molecule has 1 fully saturated rings. The molecule has 28 heavy (non-hydrogen) atoms. The number of amides is 1. The molecule has 2 aromatic carbocycles. The summed E-state index contributed by atoms with van der Waals surface area (Å²) in [5.74, 6) is -1.28. The Hall–Kier alpha value is -2.92. The summed E-state index contributed by atoms with van der Waals surface area (Å²) in [6.07, 6.45) is 0. The lowest BCUT2D eigenvalue weighted by Crippen LogP contribution is -2.32. The van der Waals surface area contributed by atoms with Crippen molar-refractivity contribution in [3.05, 3.63) is 76.4 Å². The number of β-amino-alcohol motifs (C(OH)–C–C–N with tert-alkyl or cyclic N) is 1. The predicted molar refractivity (Wildman–Crippen MR) is 108 cm³/mol. The summed E-state index contributed by atoms with van der Waals surface area (Å²) in [7, 11) is 0. The minimum absolute atomic E-state index is 0.0197. The maximum atomic E-state index is 12.7. The predicted octanol–water partition coefficient (Wildman–Crippen LogP) is 3.53. The second kappa shape index (κ2) is 7.98. The van der Waals surface area contributed by atoms with E-state index >= 15 is 0 Å². The summed E-state index contributed by atoms with van der Waals surface area (Å²) in [4.78, 5) is 26.6. The lowest BCUT2D eigenvalue weighted by molar-refractivity contribution is -0.140. The lowest BCUT2D eigenvalue weighted by atomic mass is 9.93. The number of carbonyl (C=O) groups excluding carboxylic acids is 2. The van der Waals surface area contributed by atoms with Gasteiger partial charge in [0, 0.05) is 12.1 Å². The number of likely N-dealkylation sites (tertiary alicyclic amines) is 1. The third-order valence-corrected chi connectivity index (χ3v) is 5.12. The van der Waals surface area contributed by atoms with Gasteiger partial charge >= 0.3 is 0 Å². The van der Waals surface area contributed by atoms with E-state index in [0.717, 1.165) is 16.7 Å². The van der Waals surface area contributed by atoms with E-state index in [4.69, 9.17) is 0 Å². The highest BCUT2D eigenvalue weighted by molar-refractivity contribution is 6.46. The number of benzene rings is 2. The molecule has 1 amide bonds. The molecule has 1 aliphatic rings. The number of hydrogen-bond donors (Lipinski definition) is 2. The van der Waals surface area contributed by atoms with E-state index in [0.29, 0.717) is 11.5 Å². The first-order valence-electron chi connectivity index (χ1n) is 9.41. The highest BCUT2D eigenvalue weighted by atomic mass is 16.3. The van der Waals surface area contributed by atoms with Gasteiger partial charge in [-0.1, -0.05) is 67.9 Å². The van der Waals surface area contributed by atoms with Gasteiger partial charge in [0.2, 0.25) is 0 Å². The molecular weight excluding hydrogens is 354 g/mol.